The average Bonchev–Trinajstić information content (AvgIpc) is 3.01. The molecule has 6 heteroatoms. The van der Waals surface area contributed by atoms with Gasteiger partial charge in [-0.15, -0.1) is 0 Å². The molecule has 2 aromatic carbocycles. The second kappa shape index (κ2) is 6.15. The van der Waals surface area contributed by atoms with Crippen molar-refractivity contribution in [3.8, 4) is 23.0 Å². The van der Waals surface area contributed by atoms with Gasteiger partial charge >= 0.3 is 0 Å². The molecule has 0 saturated carbocycles. The van der Waals surface area contributed by atoms with Crippen molar-refractivity contribution in [2.24, 2.45) is 0 Å². The minimum Gasteiger partial charge on any atom is -0.399 e. The van der Waals surface area contributed by atoms with Gasteiger partial charge in [-0.25, -0.2) is 4.98 Å². The summed E-state index contributed by atoms with van der Waals surface area (Å²) in [6, 6.07) is 15.2. The van der Waals surface area contributed by atoms with Crippen LogP contribution in [0.15, 0.2) is 54.7 Å². The molecule has 0 aliphatic heterocycles. The highest BCUT2D eigenvalue weighted by Gasteiger charge is 2.10. The Balaban J connectivity index is 1.85. The number of nitrogens with zero attached hydrogens (tertiary/aromatic N) is 2. The van der Waals surface area contributed by atoms with Crippen LogP contribution >= 0.6 is 0 Å². The van der Waals surface area contributed by atoms with Crippen LogP contribution in [0.5, 0.6) is 0 Å². The van der Waals surface area contributed by atoms with E-state index in [1.807, 2.05) is 48.5 Å². The molecule has 7 N–H and O–H groups in total. The van der Waals surface area contributed by atoms with Gasteiger partial charge < -0.3 is 17.2 Å². The number of aromatic amines is 1. The van der Waals surface area contributed by atoms with Crippen molar-refractivity contribution in [2.45, 2.75) is 0 Å². The SMILES string of the molecule is Nc1cccc(C#Cc2c(-c3ccc4[nH]nc(N)c4c3)ccnc2N)c1. The van der Waals surface area contributed by atoms with Crippen LogP contribution in [-0.2, 0) is 0 Å². The van der Waals surface area contributed by atoms with Gasteiger partial charge in [0.1, 0.15) is 5.82 Å². The van der Waals surface area contributed by atoms with Crippen molar-refractivity contribution in [1.29, 1.82) is 0 Å². The summed E-state index contributed by atoms with van der Waals surface area (Å²) < 4.78 is 0. The van der Waals surface area contributed by atoms with Gasteiger partial charge in [0.2, 0.25) is 0 Å². The van der Waals surface area contributed by atoms with E-state index in [1.54, 1.807) is 6.20 Å². The van der Waals surface area contributed by atoms with Crippen LogP contribution in [0.1, 0.15) is 11.1 Å². The number of rotatable bonds is 1. The van der Waals surface area contributed by atoms with E-state index in [0.717, 1.165) is 27.6 Å². The summed E-state index contributed by atoms with van der Waals surface area (Å²) in [5, 5.41) is 7.78. The maximum absolute atomic E-state index is 6.09. The topological polar surface area (TPSA) is 120 Å². The van der Waals surface area contributed by atoms with Crippen LogP contribution in [0.3, 0.4) is 0 Å². The Morgan fingerprint density at radius 1 is 0.885 bits per heavy atom. The van der Waals surface area contributed by atoms with E-state index in [2.05, 4.69) is 27.0 Å². The van der Waals surface area contributed by atoms with E-state index < -0.39 is 0 Å². The molecule has 0 aliphatic carbocycles. The molecule has 2 aromatic heterocycles. The molecule has 6 nitrogen and oxygen atoms in total. The highest BCUT2D eigenvalue weighted by Crippen LogP contribution is 2.30. The molecule has 0 fully saturated rings. The van der Waals surface area contributed by atoms with E-state index in [1.165, 1.54) is 0 Å². The summed E-state index contributed by atoms with van der Waals surface area (Å²) in [4.78, 5) is 4.17. The number of fused-ring (bicyclic) bond motifs is 1. The average molecular weight is 340 g/mol. The number of pyridine rings is 1. The van der Waals surface area contributed by atoms with Crippen LogP contribution in [0, 0.1) is 11.8 Å². The first kappa shape index (κ1) is 15.5. The fraction of sp³-hybridized carbons (Fsp3) is 0. The summed E-state index contributed by atoms with van der Waals surface area (Å²) in [6.07, 6.45) is 1.67. The molecule has 0 aliphatic rings. The zero-order chi connectivity index (χ0) is 18.1. The number of H-pyrrole nitrogens is 1. The largest absolute Gasteiger partial charge is 0.399 e. The number of aromatic nitrogens is 3. The Kier molecular flexibility index (Phi) is 3.67. The van der Waals surface area contributed by atoms with E-state index in [-0.39, 0.29) is 0 Å². The predicted molar refractivity (Wildman–Crippen MR) is 105 cm³/mol. The molecule has 0 amide bonds. The Morgan fingerprint density at radius 3 is 2.62 bits per heavy atom. The minimum atomic E-state index is 0.374. The van der Waals surface area contributed by atoms with Gasteiger partial charge in [-0.2, -0.15) is 5.10 Å². The van der Waals surface area contributed by atoms with Crippen LogP contribution < -0.4 is 17.2 Å². The number of anilines is 3. The summed E-state index contributed by atoms with van der Waals surface area (Å²) >= 11 is 0. The molecule has 0 bridgehead atoms. The number of hydrogen-bond acceptors (Lipinski definition) is 5. The number of hydrogen-bond donors (Lipinski definition) is 4. The third kappa shape index (κ3) is 2.78. The lowest BCUT2D eigenvalue weighted by Crippen LogP contribution is -1.97. The van der Waals surface area contributed by atoms with Crippen molar-refractivity contribution in [1.82, 2.24) is 15.2 Å². The predicted octanol–water partition coefficient (Wildman–Crippen LogP) is 2.77. The van der Waals surface area contributed by atoms with Crippen molar-refractivity contribution in [3.05, 3.63) is 65.9 Å². The molecule has 0 saturated heterocycles. The van der Waals surface area contributed by atoms with Gasteiger partial charge in [-0.3, -0.25) is 5.10 Å². The number of nitrogens with two attached hydrogens (primary N) is 3. The van der Waals surface area contributed by atoms with Gasteiger partial charge in [0.15, 0.2) is 5.82 Å². The first-order valence-electron chi connectivity index (χ1n) is 7.98. The van der Waals surface area contributed by atoms with E-state index in [4.69, 9.17) is 17.2 Å². The maximum atomic E-state index is 6.09. The molecule has 0 spiro atoms. The molecule has 0 unspecified atom stereocenters. The molecule has 26 heavy (non-hydrogen) atoms. The normalized spacial score (nSPS) is 10.5. The molecule has 0 atom stereocenters. The Labute approximate surface area is 150 Å². The minimum absolute atomic E-state index is 0.374. The van der Waals surface area contributed by atoms with Crippen molar-refractivity contribution >= 4 is 28.2 Å². The lowest BCUT2D eigenvalue weighted by Gasteiger charge is -2.07. The van der Waals surface area contributed by atoms with E-state index in [9.17, 15) is 0 Å². The summed E-state index contributed by atoms with van der Waals surface area (Å²) in [6.45, 7) is 0. The monoisotopic (exact) mass is 340 g/mol. The maximum Gasteiger partial charge on any atom is 0.153 e. The highest BCUT2D eigenvalue weighted by atomic mass is 15.1. The lowest BCUT2D eigenvalue weighted by molar-refractivity contribution is 1.13. The lowest BCUT2D eigenvalue weighted by atomic mass is 9.99. The molecule has 2 heterocycles. The first-order chi connectivity index (χ1) is 12.6. The van der Waals surface area contributed by atoms with E-state index in [0.29, 0.717) is 22.9 Å². The van der Waals surface area contributed by atoms with E-state index >= 15 is 0 Å². The fourth-order valence-corrected chi connectivity index (χ4v) is 2.80. The smallest absolute Gasteiger partial charge is 0.153 e. The Bertz CT molecular complexity index is 1180. The summed E-state index contributed by atoms with van der Waals surface area (Å²) in [7, 11) is 0. The van der Waals surface area contributed by atoms with Crippen molar-refractivity contribution < 1.29 is 0 Å². The van der Waals surface area contributed by atoms with Gasteiger partial charge in [0.05, 0.1) is 11.1 Å². The number of nitrogen functional groups attached to an aromatic ring is 3. The molecule has 126 valence electrons. The standard InChI is InChI=1S/C20H16N6/c21-14-3-1-2-12(10-14)4-6-16-15(8-9-24-19(16)22)13-5-7-18-17(11-13)20(23)26-25-18/h1-3,5,7-11H,21H2,(H2,22,24)(H3,23,25,26). The van der Waals surface area contributed by atoms with Crippen LogP contribution in [0.2, 0.25) is 0 Å². The summed E-state index contributed by atoms with van der Waals surface area (Å²) in [5.74, 6) is 7.06. The van der Waals surface area contributed by atoms with Crippen LogP contribution in [0.4, 0.5) is 17.3 Å². The molecule has 4 rings (SSSR count). The van der Waals surface area contributed by atoms with Gasteiger partial charge in [0, 0.05) is 28.4 Å². The fourth-order valence-electron chi connectivity index (χ4n) is 2.80. The van der Waals surface area contributed by atoms with Gasteiger partial charge in [-0.05, 0) is 42.0 Å². The van der Waals surface area contributed by atoms with Gasteiger partial charge in [-0.1, -0.05) is 24.0 Å². The van der Waals surface area contributed by atoms with Gasteiger partial charge in [0.25, 0.3) is 0 Å². The summed E-state index contributed by atoms with van der Waals surface area (Å²) in [5.41, 5.74) is 22.7. The number of nitrogens with one attached hydrogen (secondary N) is 1. The molecular formula is C20H16N6. The van der Waals surface area contributed by atoms with Crippen LogP contribution in [-0.4, -0.2) is 15.2 Å². The van der Waals surface area contributed by atoms with Crippen molar-refractivity contribution in [2.75, 3.05) is 17.2 Å². The molecule has 0 radical (unpaired) electrons. The first-order valence-corrected chi connectivity index (χ1v) is 7.98. The zero-order valence-electron chi connectivity index (χ0n) is 13.8. The number of benzene rings is 2. The second-order valence-electron chi connectivity index (χ2n) is 5.86. The Hall–Kier alpha value is -3.98. The van der Waals surface area contributed by atoms with Crippen molar-refractivity contribution in [3.63, 3.8) is 0 Å². The van der Waals surface area contributed by atoms with Crippen LogP contribution in [0.25, 0.3) is 22.0 Å². The highest BCUT2D eigenvalue weighted by molar-refractivity contribution is 5.93. The zero-order valence-corrected chi connectivity index (χ0v) is 13.8. The molecule has 4 aromatic rings. The quantitative estimate of drug-likeness (QED) is 0.314. The second-order valence-corrected chi connectivity index (χ2v) is 5.86. The third-order valence-electron chi connectivity index (χ3n) is 4.10. The molecular weight excluding hydrogens is 324 g/mol. The Morgan fingerprint density at radius 2 is 1.77 bits per heavy atom. The third-order valence-corrected chi connectivity index (χ3v) is 4.10.